The monoisotopic (exact) mass is 301 g/mol. The molecule has 22 heavy (non-hydrogen) atoms. The van der Waals surface area contributed by atoms with Crippen molar-refractivity contribution in [1.29, 1.82) is 0 Å². The predicted molar refractivity (Wildman–Crippen MR) is 78.1 cm³/mol. The van der Waals surface area contributed by atoms with Crippen LogP contribution in [-0.2, 0) is 16.1 Å². The zero-order valence-electron chi connectivity index (χ0n) is 12.2. The van der Waals surface area contributed by atoms with Gasteiger partial charge in [0, 0.05) is 30.8 Å². The molecule has 4 rings (SSSR count). The summed E-state index contributed by atoms with van der Waals surface area (Å²) < 4.78 is 11.1. The van der Waals surface area contributed by atoms with Gasteiger partial charge in [-0.2, -0.15) is 4.84 Å². The number of hydrogen-bond acceptors (Lipinski definition) is 5. The molecule has 1 saturated heterocycles. The minimum atomic E-state index is -0.138. The Kier molecular flexibility index (Phi) is 3.45. The van der Waals surface area contributed by atoms with E-state index in [1.54, 1.807) is 0 Å². The van der Waals surface area contributed by atoms with E-state index in [-0.39, 0.29) is 18.5 Å². The number of rotatable bonds is 3. The lowest BCUT2D eigenvalue weighted by Gasteiger charge is -2.28. The average Bonchev–Trinajstić information content (AvgIpc) is 3.19. The Labute approximate surface area is 128 Å². The van der Waals surface area contributed by atoms with Gasteiger partial charge in [0.15, 0.2) is 6.61 Å². The molecule has 1 fully saturated rings. The second-order valence-electron chi connectivity index (χ2n) is 5.66. The van der Waals surface area contributed by atoms with Gasteiger partial charge in [0.2, 0.25) is 16.9 Å². The summed E-state index contributed by atoms with van der Waals surface area (Å²) in [7, 11) is 0. The Morgan fingerprint density at radius 3 is 2.95 bits per heavy atom. The first-order valence-corrected chi connectivity index (χ1v) is 7.53. The molecule has 0 bridgehead atoms. The number of hydrogen-bond donors (Lipinski definition) is 0. The van der Waals surface area contributed by atoms with Crippen molar-refractivity contribution in [3.63, 3.8) is 0 Å². The zero-order chi connectivity index (χ0) is 14.9. The van der Waals surface area contributed by atoms with E-state index in [2.05, 4.69) is 16.0 Å². The summed E-state index contributed by atoms with van der Waals surface area (Å²) in [5.74, 6) is 0.754. The number of benzene rings is 1. The smallest absolute Gasteiger partial charge is 0.354 e. The van der Waals surface area contributed by atoms with E-state index in [4.69, 9.17) is 14.3 Å². The molecule has 1 aromatic carbocycles. The molecule has 3 aliphatic rings. The lowest BCUT2D eigenvalue weighted by Crippen LogP contribution is -2.36. The highest BCUT2D eigenvalue weighted by molar-refractivity contribution is 6.02. The molecule has 3 heterocycles. The molecular weight excluding hydrogens is 284 g/mol. The van der Waals surface area contributed by atoms with Crippen molar-refractivity contribution in [2.45, 2.75) is 19.1 Å². The molecule has 0 amide bonds. The van der Waals surface area contributed by atoms with Crippen LogP contribution in [0.2, 0.25) is 0 Å². The van der Waals surface area contributed by atoms with E-state index in [9.17, 15) is 4.79 Å². The summed E-state index contributed by atoms with van der Waals surface area (Å²) in [5.41, 5.74) is 2.75. The SMILES string of the molecule is O=C1COc2c1ccc(C1CC#[N+]O1)c2CN1CCOCC1. The third-order valence-corrected chi connectivity index (χ3v) is 4.30. The van der Waals surface area contributed by atoms with Crippen LogP contribution in [0.25, 0.3) is 5.01 Å². The molecule has 0 aromatic heterocycles. The minimum absolute atomic E-state index is 0.0416. The molecule has 0 N–H and O–H groups in total. The second kappa shape index (κ2) is 5.59. The van der Waals surface area contributed by atoms with E-state index in [0.717, 1.165) is 44.0 Å². The standard InChI is InChI=1S/C16H17N2O4/c19-14-10-21-16-12(14)2-1-11(15-3-4-17-22-15)13(16)9-18-5-7-20-8-6-18/h1-2,15H,3,5-10H2/q+1. The molecule has 6 heteroatoms. The lowest BCUT2D eigenvalue weighted by atomic mass is 9.96. The van der Waals surface area contributed by atoms with Crippen molar-refractivity contribution in [2.75, 3.05) is 32.9 Å². The van der Waals surface area contributed by atoms with Gasteiger partial charge in [-0.25, -0.2) is 0 Å². The number of carbonyl (C=O) groups excluding carboxylic acids is 1. The van der Waals surface area contributed by atoms with Crippen molar-refractivity contribution < 1.29 is 19.1 Å². The molecule has 114 valence electrons. The molecule has 1 unspecified atom stereocenters. The van der Waals surface area contributed by atoms with Crippen LogP contribution in [0.3, 0.4) is 0 Å². The minimum Gasteiger partial charge on any atom is -0.484 e. The highest BCUT2D eigenvalue weighted by atomic mass is 16.6. The quantitative estimate of drug-likeness (QED) is 0.852. The average molecular weight is 301 g/mol. The van der Waals surface area contributed by atoms with Gasteiger partial charge in [-0.05, 0) is 6.07 Å². The molecular formula is C16H17N2O4+. The highest BCUT2D eigenvalue weighted by Crippen LogP contribution is 2.38. The lowest BCUT2D eigenvalue weighted by molar-refractivity contribution is 0.0333. The molecule has 0 saturated carbocycles. The molecule has 0 spiro atoms. The van der Waals surface area contributed by atoms with E-state index in [1.165, 1.54) is 0 Å². The van der Waals surface area contributed by atoms with Gasteiger partial charge in [0.05, 0.1) is 18.8 Å². The fraction of sp³-hybridized carbons (Fsp3) is 0.500. The Bertz CT molecular complexity index is 661. The normalized spacial score (nSPS) is 23.5. The van der Waals surface area contributed by atoms with E-state index < -0.39 is 0 Å². The van der Waals surface area contributed by atoms with Crippen molar-refractivity contribution in [2.24, 2.45) is 0 Å². The molecule has 6 nitrogen and oxygen atoms in total. The summed E-state index contributed by atoms with van der Waals surface area (Å²) in [6.07, 6.45) is 0.490. The maximum atomic E-state index is 11.9. The van der Waals surface area contributed by atoms with Crippen molar-refractivity contribution in [3.8, 4) is 11.8 Å². The van der Waals surface area contributed by atoms with Crippen molar-refractivity contribution >= 4 is 5.78 Å². The van der Waals surface area contributed by atoms with E-state index in [0.29, 0.717) is 17.7 Å². The summed E-state index contributed by atoms with van der Waals surface area (Å²) in [6.45, 7) is 4.09. The van der Waals surface area contributed by atoms with Crippen molar-refractivity contribution in [1.82, 2.24) is 4.90 Å². The largest absolute Gasteiger partial charge is 0.484 e. The maximum Gasteiger partial charge on any atom is 0.354 e. The zero-order valence-corrected chi connectivity index (χ0v) is 12.2. The molecule has 0 radical (unpaired) electrons. The maximum absolute atomic E-state index is 11.9. The Hall–Kier alpha value is -2.10. The summed E-state index contributed by atoms with van der Waals surface area (Å²) >= 11 is 0. The van der Waals surface area contributed by atoms with Crippen LogP contribution in [0.5, 0.6) is 5.75 Å². The first-order valence-electron chi connectivity index (χ1n) is 7.53. The molecule has 0 aliphatic carbocycles. The summed E-state index contributed by atoms with van der Waals surface area (Å²) in [4.78, 5) is 19.6. The van der Waals surface area contributed by atoms with Crippen LogP contribution in [0, 0.1) is 6.07 Å². The van der Waals surface area contributed by atoms with Gasteiger partial charge in [0.25, 0.3) is 0 Å². The third kappa shape index (κ3) is 2.32. The fourth-order valence-corrected chi connectivity index (χ4v) is 3.12. The fourth-order valence-electron chi connectivity index (χ4n) is 3.12. The van der Waals surface area contributed by atoms with Crippen LogP contribution in [0.1, 0.15) is 34.0 Å². The Morgan fingerprint density at radius 1 is 1.32 bits per heavy atom. The molecule has 1 aromatic rings. The van der Waals surface area contributed by atoms with Gasteiger partial charge in [0.1, 0.15) is 12.2 Å². The van der Waals surface area contributed by atoms with Crippen LogP contribution in [0.4, 0.5) is 0 Å². The highest BCUT2D eigenvalue weighted by Gasteiger charge is 2.33. The van der Waals surface area contributed by atoms with E-state index in [1.807, 2.05) is 12.1 Å². The topological polar surface area (TPSA) is 52.4 Å². The predicted octanol–water partition coefficient (Wildman–Crippen LogP) is 1.80. The van der Waals surface area contributed by atoms with Crippen LogP contribution in [-0.4, -0.2) is 43.6 Å². The third-order valence-electron chi connectivity index (χ3n) is 4.30. The number of carbonyl (C=O) groups is 1. The molecule has 1 atom stereocenters. The van der Waals surface area contributed by atoms with Crippen LogP contribution in [0.15, 0.2) is 12.1 Å². The number of morpholine rings is 1. The van der Waals surface area contributed by atoms with Crippen LogP contribution < -0.4 is 4.74 Å². The summed E-state index contributed by atoms with van der Waals surface area (Å²) in [6, 6.07) is 6.64. The van der Waals surface area contributed by atoms with Crippen LogP contribution >= 0.6 is 0 Å². The van der Waals surface area contributed by atoms with E-state index >= 15 is 0 Å². The number of ether oxygens (including phenoxy) is 2. The second-order valence-corrected chi connectivity index (χ2v) is 5.66. The first kappa shape index (κ1) is 13.6. The van der Waals surface area contributed by atoms with Gasteiger partial charge in [-0.3, -0.25) is 9.69 Å². The van der Waals surface area contributed by atoms with Gasteiger partial charge >= 0.3 is 6.07 Å². The number of nitrogens with zero attached hydrogens (tertiary/aromatic N) is 2. The molecule has 3 aliphatic heterocycles. The Morgan fingerprint density at radius 2 is 2.18 bits per heavy atom. The number of fused-ring (bicyclic) bond motifs is 1. The van der Waals surface area contributed by atoms with Crippen molar-refractivity contribution in [3.05, 3.63) is 33.8 Å². The summed E-state index contributed by atoms with van der Waals surface area (Å²) in [5, 5.41) is 3.75. The number of ketones is 1. The van der Waals surface area contributed by atoms with Gasteiger partial charge in [-0.15, -0.1) is 0 Å². The van der Waals surface area contributed by atoms with Gasteiger partial charge < -0.3 is 9.47 Å². The number of Topliss-reactive ketones (excluding diaryl/α,β-unsaturated/α-hetero) is 1. The first-order chi connectivity index (χ1) is 10.8. The van der Waals surface area contributed by atoms with Gasteiger partial charge in [-0.1, -0.05) is 6.07 Å². The Balaban J connectivity index is 1.70.